The Morgan fingerprint density at radius 2 is 1.60 bits per heavy atom. The molecule has 2 rings (SSSR count). The highest BCUT2D eigenvalue weighted by Crippen LogP contribution is 2.22. The van der Waals surface area contributed by atoms with Gasteiger partial charge in [0.25, 0.3) is 10.2 Å². The maximum absolute atomic E-state index is 12.6. The van der Waals surface area contributed by atoms with Crippen molar-refractivity contribution in [2.24, 2.45) is 5.92 Å². The molecule has 0 aromatic heterocycles. The van der Waals surface area contributed by atoms with Gasteiger partial charge in [-0.25, -0.2) is 0 Å². The van der Waals surface area contributed by atoms with E-state index in [2.05, 4.69) is 4.90 Å². The molecule has 0 aromatic carbocycles. The quantitative estimate of drug-likeness (QED) is 0.772. The zero-order valence-corrected chi connectivity index (χ0v) is 12.7. The van der Waals surface area contributed by atoms with Gasteiger partial charge in [-0.05, 0) is 32.9 Å². The summed E-state index contributed by atoms with van der Waals surface area (Å²) in [5.74, 6) is -1.23. The molecule has 0 saturated carbocycles. The van der Waals surface area contributed by atoms with Crippen LogP contribution in [0.5, 0.6) is 0 Å². The predicted octanol–water partition coefficient (Wildman–Crippen LogP) is -0.335. The molecule has 1 N–H and O–H groups in total. The highest BCUT2D eigenvalue weighted by atomic mass is 32.2. The third-order valence-corrected chi connectivity index (χ3v) is 6.17. The minimum Gasteiger partial charge on any atom is -0.481 e. The Hall–Kier alpha value is -0.700. The second kappa shape index (κ2) is 6.38. The molecule has 0 radical (unpaired) electrons. The van der Waals surface area contributed by atoms with Crippen molar-refractivity contribution in [1.29, 1.82) is 0 Å². The fraction of sp³-hybridized carbons (Fsp3) is 0.917. The maximum Gasteiger partial charge on any atom is 0.306 e. The predicted molar refractivity (Wildman–Crippen MR) is 74.5 cm³/mol. The van der Waals surface area contributed by atoms with Crippen molar-refractivity contribution in [3.63, 3.8) is 0 Å². The average molecular weight is 305 g/mol. The van der Waals surface area contributed by atoms with Gasteiger partial charge < -0.3 is 10.0 Å². The van der Waals surface area contributed by atoms with Crippen molar-refractivity contribution < 1.29 is 18.3 Å². The molecule has 2 fully saturated rings. The third-order valence-electron chi connectivity index (χ3n) is 4.13. The van der Waals surface area contributed by atoms with E-state index in [9.17, 15) is 13.2 Å². The Morgan fingerprint density at radius 1 is 1.00 bits per heavy atom. The first kappa shape index (κ1) is 15.7. The van der Waals surface area contributed by atoms with Crippen LogP contribution < -0.4 is 0 Å². The Labute approximate surface area is 120 Å². The smallest absolute Gasteiger partial charge is 0.306 e. The molecule has 2 aliphatic rings. The number of hydrogen-bond acceptors (Lipinski definition) is 4. The number of rotatable bonds is 3. The SMILES string of the molecule is CN1CCCN(S(=O)(=O)N2CCC(C(=O)O)CC2)CC1. The highest BCUT2D eigenvalue weighted by molar-refractivity contribution is 7.86. The number of carboxylic acids is 1. The molecular formula is C12H23N3O4S. The minimum atomic E-state index is -3.43. The van der Waals surface area contributed by atoms with Gasteiger partial charge >= 0.3 is 5.97 Å². The van der Waals surface area contributed by atoms with Crippen LogP contribution in [0.25, 0.3) is 0 Å². The fourth-order valence-corrected chi connectivity index (χ4v) is 4.42. The zero-order valence-electron chi connectivity index (χ0n) is 11.9. The summed E-state index contributed by atoms with van der Waals surface area (Å²) >= 11 is 0. The van der Waals surface area contributed by atoms with Crippen molar-refractivity contribution in [3.8, 4) is 0 Å². The van der Waals surface area contributed by atoms with Gasteiger partial charge in [0.05, 0.1) is 5.92 Å². The molecule has 0 amide bonds. The summed E-state index contributed by atoms with van der Waals surface area (Å²) in [6, 6.07) is 0. The summed E-state index contributed by atoms with van der Waals surface area (Å²) in [5.41, 5.74) is 0. The van der Waals surface area contributed by atoms with Crippen LogP contribution in [-0.2, 0) is 15.0 Å². The topological polar surface area (TPSA) is 81.2 Å². The van der Waals surface area contributed by atoms with Crippen LogP contribution in [0.3, 0.4) is 0 Å². The van der Waals surface area contributed by atoms with Crippen LogP contribution in [0.15, 0.2) is 0 Å². The molecule has 2 aliphatic heterocycles. The van der Waals surface area contributed by atoms with E-state index in [0.717, 1.165) is 19.5 Å². The lowest BCUT2D eigenvalue weighted by Crippen LogP contribution is -2.48. The Kier molecular flexibility index (Phi) is 5.00. The second-order valence-electron chi connectivity index (χ2n) is 5.58. The first-order chi connectivity index (χ1) is 9.41. The van der Waals surface area contributed by atoms with Crippen LogP contribution in [-0.4, -0.2) is 79.3 Å². The van der Waals surface area contributed by atoms with Crippen molar-refractivity contribution >= 4 is 16.2 Å². The van der Waals surface area contributed by atoms with E-state index in [1.54, 1.807) is 0 Å². The summed E-state index contributed by atoms with van der Waals surface area (Å²) in [6.45, 7) is 3.33. The van der Waals surface area contributed by atoms with E-state index >= 15 is 0 Å². The Morgan fingerprint density at radius 3 is 2.20 bits per heavy atom. The fourth-order valence-electron chi connectivity index (χ4n) is 2.75. The number of aliphatic carboxylic acids is 1. The Bertz CT molecular complexity index is 446. The van der Waals surface area contributed by atoms with E-state index in [4.69, 9.17) is 5.11 Å². The first-order valence-electron chi connectivity index (χ1n) is 7.08. The number of hydrogen-bond donors (Lipinski definition) is 1. The Balaban J connectivity index is 1.98. The van der Waals surface area contributed by atoms with Crippen molar-refractivity contribution in [1.82, 2.24) is 13.5 Å². The van der Waals surface area contributed by atoms with Crippen LogP contribution >= 0.6 is 0 Å². The van der Waals surface area contributed by atoms with E-state index in [0.29, 0.717) is 39.0 Å². The molecule has 0 bridgehead atoms. The average Bonchev–Trinajstić information content (AvgIpc) is 2.64. The molecule has 0 aromatic rings. The van der Waals surface area contributed by atoms with E-state index < -0.39 is 22.1 Å². The van der Waals surface area contributed by atoms with Gasteiger partial charge in [0.2, 0.25) is 0 Å². The summed E-state index contributed by atoms with van der Waals surface area (Å²) in [6.07, 6.45) is 1.64. The lowest BCUT2D eigenvalue weighted by Gasteiger charge is -2.33. The van der Waals surface area contributed by atoms with Crippen molar-refractivity contribution in [2.45, 2.75) is 19.3 Å². The largest absolute Gasteiger partial charge is 0.481 e. The molecular weight excluding hydrogens is 282 g/mol. The molecule has 2 saturated heterocycles. The molecule has 0 aliphatic carbocycles. The van der Waals surface area contributed by atoms with E-state index in [1.165, 1.54) is 8.61 Å². The monoisotopic (exact) mass is 305 g/mol. The van der Waals surface area contributed by atoms with E-state index in [-0.39, 0.29) is 0 Å². The molecule has 116 valence electrons. The van der Waals surface area contributed by atoms with Gasteiger partial charge in [-0.3, -0.25) is 4.79 Å². The maximum atomic E-state index is 12.6. The molecule has 0 spiro atoms. The van der Waals surface area contributed by atoms with Gasteiger partial charge in [0.1, 0.15) is 0 Å². The van der Waals surface area contributed by atoms with E-state index in [1.807, 2.05) is 7.05 Å². The number of piperidine rings is 1. The number of carbonyl (C=O) groups is 1. The number of nitrogens with zero attached hydrogens (tertiary/aromatic N) is 3. The summed E-state index contributed by atoms with van der Waals surface area (Å²) in [7, 11) is -1.44. The third kappa shape index (κ3) is 3.49. The van der Waals surface area contributed by atoms with Crippen molar-refractivity contribution in [3.05, 3.63) is 0 Å². The van der Waals surface area contributed by atoms with Gasteiger partial charge in [-0.2, -0.15) is 17.0 Å². The molecule has 0 unspecified atom stereocenters. The van der Waals surface area contributed by atoms with Crippen LogP contribution in [0.1, 0.15) is 19.3 Å². The lowest BCUT2D eigenvalue weighted by molar-refractivity contribution is -0.142. The van der Waals surface area contributed by atoms with Gasteiger partial charge in [-0.15, -0.1) is 0 Å². The van der Waals surface area contributed by atoms with Gasteiger partial charge in [-0.1, -0.05) is 0 Å². The lowest BCUT2D eigenvalue weighted by atomic mass is 9.99. The first-order valence-corrected chi connectivity index (χ1v) is 8.47. The highest BCUT2D eigenvalue weighted by Gasteiger charge is 2.35. The number of carboxylic acid groups (broad SMARTS) is 1. The molecule has 0 atom stereocenters. The van der Waals surface area contributed by atoms with Gasteiger partial charge in [0.15, 0.2) is 0 Å². The van der Waals surface area contributed by atoms with Crippen molar-refractivity contribution in [2.75, 3.05) is 46.3 Å². The molecule has 7 nitrogen and oxygen atoms in total. The molecule has 20 heavy (non-hydrogen) atoms. The van der Waals surface area contributed by atoms with Gasteiger partial charge in [0, 0.05) is 32.7 Å². The normalized spacial score (nSPS) is 25.4. The molecule has 8 heteroatoms. The van der Waals surface area contributed by atoms with Crippen LogP contribution in [0, 0.1) is 5.92 Å². The van der Waals surface area contributed by atoms with Crippen LogP contribution in [0.2, 0.25) is 0 Å². The summed E-state index contributed by atoms with van der Waals surface area (Å²) in [5, 5.41) is 8.96. The summed E-state index contributed by atoms with van der Waals surface area (Å²) < 4.78 is 28.1. The summed E-state index contributed by atoms with van der Waals surface area (Å²) in [4.78, 5) is 13.0. The molecule has 2 heterocycles. The zero-order chi connectivity index (χ0) is 14.8. The standard InChI is InChI=1S/C12H23N3O4S/c1-13-5-2-6-14(10-9-13)20(18,19)15-7-3-11(4-8-15)12(16)17/h11H,2-10H2,1H3,(H,16,17). The second-order valence-corrected chi connectivity index (χ2v) is 7.50. The number of likely N-dealkylation sites (N-methyl/N-ethyl adjacent to an activating group) is 1. The minimum absolute atomic E-state index is 0.311. The van der Waals surface area contributed by atoms with Crippen LogP contribution in [0.4, 0.5) is 0 Å².